The van der Waals surface area contributed by atoms with E-state index in [1.807, 2.05) is 18.2 Å². The van der Waals surface area contributed by atoms with Gasteiger partial charge in [0.05, 0.1) is 5.69 Å². The van der Waals surface area contributed by atoms with Crippen molar-refractivity contribution in [3.63, 3.8) is 0 Å². The van der Waals surface area contributed by atoms with Crippen molar-refractivity contribution in [3.8, 4) is 16.8 Å². The molecule has 2 fully saturated rings. The minimum absolute atomic E-state index is 0.115. The molecule has 2 aromatic carbocycles. The first-order valence-electron chi connectivity index (χ1n) is 9.55. The maximum atomic E-state index is 13.3. The molecule has 1 aliphatic heterocycles. The minimum Gasteiger partial charge on any atom is -0.335 e. The summed E-state index contributed by atoms with van der Waals surface area (Å²) in [5, 5.41) is 11.5. The van der Waals surface area contributed by atoms with Crippen LogP contribution in [0.5, 0.6) is 0 Å². The van der Waals surface area contributed by atoms with E-state index >= 15 is 0 Å². The number of hydrogen-bond donors (Lipinski definition) is 0. The summed E-state index contributed by atoms with van der Waals surface area (Å²) in [4.78, 5) is 16.6. The van der Waals surface area contributed by atoms with Crippen LogP contribution in [0.3, 0.4) is 0 Å². The van der Waals surface area contributed by atoms with E-state index in [0.717, 1.165) is 36.2 Å². The molecular weight excluding hydrogens is 370 g/mol. The lowest BCUT2D eigenvalue weighted by atomic mass is 10.0. The molecule has 3 aromatic rings. The van der Waals surface area contributed by atoms with E-state index in [9.17, 15) is 4.79 Å². The first-order valence-corrected chi connectivity index (χ1v) is 10.8. The monoisotopic (exact) mass is 391 g/mol. The van der Waals surface area contributed by atoms with Crippen molar-refractivity contribution in [2.45, 2.75) is 30.2 Å². The Bertz CT molecular complexity index is 1000. The first-order chi connectivity index (χ1) is 13.7. The number of benzene rings is 2. The van der Waals surface area contributed by atoms with Crippen LogP contribution in [0.4, 0.5) is 0 Å². The zero-order chi connectivity index (χ0) is 19.1. The highest BCUT2D eigenvalue weighted by molar-refractivity contribution is 7.98. The molecule has 142 valence electrons. The Balaban J connectivity index is 1.56. The summed E-state index contributed by atoms with van der Waals surface area (Å²) in [7, 11) is 0. The van der Waals surface area contributed by atoms with Crippen LogP contribution in [0.1, 0.15) is 29.6 Å². The Morgan fingerprint density at radius 3 is 2.61 bits per heavy atom. The highest BCUT2D eigenvalue weighted by Gasteiger charge is 2.40. The molecule has 1 saturated heterocycles. The number of tetrazole rings is 1. The van der Waals surface area contributed by atoms with Gasteiger partial charge >= 0.3 is 0 Å². The van der Waals surface area contributed by atoms with Crippen molar-refractivity contribution >= 4 is 17.7 Å². The number of rotatable bonds is 4. The number of nitrogens with zero attached hydrogens (tertiary/aromatic N) is 5. The van der Waals surface area contributed by atoms with Gasteiger partial charge in [0, 0.05) is 23.0 Å². The normalized spacial score (nSPS) is 20.7. The average Bonchev–Trinajstić information content (AvgIpc) is 3.51. The SMILES string of the molecule is CSc1ccc(-c2cc(C(=O)N3C[C@@H]4CC[C@H]3C4)cc(-n3cnnn3)c2)cc1. The number of carbonyl (C=O) groups excluding carboxylic acids is 1. The molecule has 1 aliphatic carbocycles. The van der Waals surface area contributed by atoms with Crippen molar-refractivity contribution in [2.24, 2.45) is 5.92 Å². The number of amides is 1. The average molecular weight is 392 g/mol. The molecule has 5 rings (SSSR count). The molecule has 2 bridgehead atoms. The topological polar surface area (TPSA) is 63.9 Å². The molecule has 0 spiro atoms. The van der Waals surface area contributed by atoms with Gasteiger partial charge in [-0.2, -0.15) is 0 Å². The smallest absolute Gasteiger partial charge is 0.254 e. The second-order valence-corrected chi connectivity index (χ2v) is 8.42. The molecule has 2 heterocycles. The number of thioether (sulfide) groups is 1. The molecule has 2 aliphatic rings. The van der Waals surface area contributed by atoms with E-state index in [0.29, 0.717) is 17.5 Å². The molecule has 1 amide bonds. The Morgan fingerprint density at radius 2 is 1.96 bits per heavy atom. The highest BCUT2D eigenvalue weighted by Crippen LogP contribution is 2.38. The van der Waals surface area contributed by atoms with Crippen molar-refractivity contribution in [2.75, 3.05) is 12.8 Å². The van der Waals surface area contributed by atoms with E-state index in [-0.39, 0.29) is 5.91 Å². The van der Waals surface area contributed by atoms with Gasteiger partial charge < -0.3 is 4.90 Å². The fourth-order valence-corrected chi connectivity index (χ4v) is 4.84. The molecule has 6 nitrogen and oxygen atoms in total. The third-order valence-corrected chi connectivity index (χ3v) is 6.62. The standard InChI is InChI=1S/C21H21N5OS/c1-28-20-6-3-15(4-7-20)16-9-17(11-19(10-16)26-13-22-23-24-26)21(27)25-12-14-2-5-18(25)8-14/h3-4,6-7,9-11,13-14,18H,2,5,8,12H2,1H3/t14-,18+/m1/s1. The maximum Gasteiger partial charge on any atom is 0.254 e. The van der Waals surface area contributed by atoms with Gasteiger partial charge in [0.25, 0.3) is 5.91 Å². The lowest BCUT2D eigenvalue weighted by Gasteiger charge is -2.27. The van der Waals surface area contributed by atoms with Gasteiger partial charge in [-0.15, -0.1) is 16.9 Å². The van der Waals surface area contributed by atoms with E-state index in [2.05, 4.69) is 50.9 Å². The van der Waals surface area contributed by atoms with Gasteiger partial charge in [-0.25, -0.2) is 4.68 Å². The lowest BCUT2D eigenvalue weighted by Crippen LogP contribution is -2.37. The first kappa shape index (κ1) is 17.4. The van der Waals surface area contributed by atoms with Gasteiger partial charge in [-0.05, 0) is 83.3 Å². The van der Waals surface area contributed by atoms with Crippen LogP contribution in [-0.4, -0.2) is 49.9 Å². The quantitative estimate of drug-likeness (QED) is 0.635. The molecule has 7 heteroatoms. The van der Waals surface area contributed by atoms with E-state index in [1.165, 1.54) is 11.3 Å². The Morgan fingerprint density at radius 1 is 1.11 bits per heavy atom. The van der Waals surface area contributed by atoms with Crippen LogP contribution in [0.2, 0.25) is 0 Å². The van der Waals surface area contributed by atoms with Gasteiger partial charge in [-0.1, -0.05) is 12.1 Å². The summed E-state index contributed by atoms with van der Waals surface area (Å²) in [6.07, 6.45) is 7.16. The van der Waals surface area contributed by atoms with Gasteiger partial charge in [0.1, 0.15) is 6.33 Å². The molecule has 2 atom stereocenters. The summed E-state index contributed by atoms with van der Waals surface area (Å²) in [5.41, 5.74) is 3.56. The Kier molecular flexibility index (Phi) is 4.39. The largest absolute Gasteiger partial charge is 0.335 e. The second kappa shape index (κ2) is 7.05. The van der Waals surface area contributed by atoms with Gasteiger partial charge in [0.15, 0.2) is 0 Å². The summed E-state index contributed by atoms with van der Waals surface area (Å²) < 4.78 is 1.60. The predicted octanol–water partition coefficient (Wildman–Crippen LogP) is 3.68. The van der Waals surface area contributed by atoms with Crippen molar-refractivity contribution in [1.29, 1.82) is 0 Å². The molecule has 0 radical (unpaired) electrons. The number of piperidine rings is 1. The van der Waals surface area contributed by atoms with E-state index in [4.69, 9.17) is 0 Å². The number of likely N-dealkylation sites (tertiary alicyclic amines) is 1. The Labute approximate surface area is 167 Å². The third-order valence-electron chi connectivity index (χ3n) is 5.87. The molecule has 0 N–H and O–H groups in total. The molecule has 0 unspecified atom stereocenters. The minimum atomic E-state index is 0.115. The van der Waals surface area contributed by atoms with Crippen LogP contribution >= 0.6 is 11.8 Å². The summed E-state index contributed by atoms with van der Waals surface area (Å²) in [6.45, 7) is 0.885. The van der Waals surface area contributed by atoms with Crippen LogP contribution in [0, 0.1) is 5.92 Å². The molecule has 1 aromatic heterocycles. The lowest BCUT2D eigenvalue weighted by molar-refractivity contribution is 0.0703. The van der Waals surface area contributed by atoms with Gasteiger partial charge in [0.2, 0.25) is 0 Å². The van der Waals surface area contributed by atoms with Crippen LogP contribution in [0.25, 0.3) is 16.8 Å². The summed E-state index contributed by atoms with van der Waals surface area (Å²) >= 11 is 1.71. The number of carbonyl (C=O) groups is 1. The molecule has 28 heavy (non-hydrogen) atoms. The highest BCUT2D eigenvalue weighted by atomic mass is 32.2. The van der Waals surface area contributed by atoms with E-state index in [1.54, 1.807) is 22.8 Å². The summed E-state index contributed by atoms with van der Waals surface area (Å²) in [6, 6.07) is 14.7. The summed E-state index contributed by atoms with van der Waals surface area (Å²) in [5.74, 6) is 0.791. The fourth-order valence-electron chi connectivity index (χ4n) is 4.44. The maximum absolute atomic E-state index is 13.3. The van der Waals surface area contributed by atoms with E-state index < -0.39 is 0 Å². The van der Waals surface area contributed by atoms with Crippen LogP contribution in [0.15, 0.2) is 53.7 Å². The predicted molar refractivity (Wildman–Crippen MR) is 109 cm³/mol. The fraction of sp³-hybridized carbons (Fsp3) is 0.333. The van der Waals surface area contributed by atoms with Crippen molar-refractivity contribution < 1.29 is 4.79 Å². The van der Waals surface area contributed by atoms with Crippen molar-refractivity contribution in [1.82, 2.24) is 25.1 Å². The van der Waals surface area contributed by atoms with Gasteiger partial charge in [-0.3, -0.25) is 4.79 Å². The third kappa shape index (κ3) is 3.09. The number of aromatic nitrogens is 4. The zero-order valence-electron chi connectivity index (χ0n) is 15.7. The Hall–Kier alpha value is -2.67. The number of hydrogen-bond acceptors (Lipinski definition) is 5. The molecular formula is C21H21N5OS. The molecule has 1 saturated carbocycles. The van der Waals surface area contributed by atoms with Crippen LogP contribution in [-0.2, 0) is 0 Å². The second-order valence-electron chi connectivity index (χ2n) is 7.54. The van der Waals surface area contributed by atoms with Crippen molar-refractivity contribution in [3.05, 3.63) is 54.4 Å². The zero-order valence-corrected chi connectivity index (χ0v) is 16.5. The van der Waals surface area contributed by atoms with Crippen LogP contribution < -0.4 is 0 Å². The number of fused-ring (bicyclic) bond motifs is 2.